The summed E-state index contributed by atoms with van der Waals surface area (Å²) in [7, 11) is 0. The predicted octanol–water partition coefficient (Wildman–Crippen LogP) is 20.9. The summed E-state index contributed by atoms with van der Waals surface area (Å²) in [5.74, 6) is -2.20. The van der Waals surface area contributed by atoms with Crippen molar-refractivity contribution in [2.75, 3.05) is 26.4 Å². The Balaban J connectivity index is 0.000000172. The van der Waals surface area contributed by atoms with Gasteiger partial charge in [-0.15, -0.1) is 34.3 Å². The molecule has 113 heavy (non-hydrogen) atoms. The van der Waals surface area contributed by atoms with Gasteiger partial charge >= 0.3 is 0 Å². The van der Waals surface area contributed by atoms with E-state index in [4.69, 9.17) is 68.4 Å². The molecule has 6 heterocycles. The molecule has 0 amide bonds. The van der Waals surface area contributed by atoms with Crippen LogP contribution in [-0.4, -0.2) is 75.3 Å². The predicted molar refractivity (Wildman–Crippen MR) is 447 cm³/mol. The van der Waals surface area contributed by atoms with Crippen molar-refractivity contribution in [3.63, 3.8) is 0 Å². The first-order valence-electron chi connectivity index (χ1n) is 39.4. The number of hydrogen-bond donors (Lipinski definition) is 0. The van der Waals surface area contributed by atoms with Crippen LogP contribution in [0.15, 0.2) is 303 Å². The van der Waals surface area contributed by atoms with E-state index in [9.17, 15) is 0 Å². The number of benzene rings is 11. The van der Waals surface area contributed by atoms with Crippen LogP contribution in [0.1, 0.15) is 94.6 Å². The van der Waals surface area contributed by atoms with Gasteiger partial charge in [-0.25, -0.2) is 0 Å². The zero-order valence-corrected chi connectivity index (χ0v) is 66.0. The van der Waals surface area contributed by atoms with Gasteiger partial charge in [-0.3, -0.25) is 0 Å². The molecule has 10 atom stereocenters. The average molecular weight is 1560 g/mol. The minimum atomic E-state index is -1.30. The summed E-state index contributed by atoms with van der Waals surface area (Å²) in [6.07, 6.45) is -1.53. The fraction of sp³-hybridized carbons (Fsp3) is 0.286. The third-order valence-electron chi connectivity index (χ3n) is 21.6. The van der Waals surface area contributed by atoms with Gasteiger partial charge in [-0.1, -0.05) is 310 Å². The third-order valence-corrected chi connectivity index (χ3v) is 24.7. The van der Waals surface area contributed by atoms with Gasteiger partial charge in [0.2, 0.25) is 11.6 Å². The zero-order valence-electron chi connectivity index (χ0n) is 63.6. The standard InChI is InChI=1S/C53H52O6S.C45H43ClO6S/c1-2-38-26-28-39(29-27-38)32-44-24-15-25-45-46-30-31-58-53(52(46)60-50(44)45)51(57-36-43-22-13-6-14-23-43)49(56-35-42-20-11-5-12-21-42)48(55-34-41-18-9-4-10-19-41)47(59-53)37-54-33-40-16-7-3-8-17-40;46-26-36-22-13-23-37-38-24-25-51-45(44(38)53-42(36)37)43(50-30-35-20-11-4-12-21-35)41(49-29-34-18-9-3-10-19-34)40(48-28-33-16-7-2-8-17-33)39(52-45)31-47-27-32-14-5-1-6-15-32/h3-29,47-49,51H,2,30-37H2,1H3;1-23,39-41,43H,24-31H2/t47-,48-,49+,51-,53-;39-,40-,41+,43-,45-/m11/s1. The lowest BCUT2D eigenvalue weighted by Crippen LogP contribution is -2.67. The van der Waals surface area contributed by atoms with E-state index in [-0.39, 0.29) is 13.2 Å². The molecule has 13 aromatic rings. The second kappa shape index (κ2) is 38.1. The topological polar surface area (TPSA) is 111 Å². The van der Waals surface area contributed by atoms with E-state index < -0.39 is 60.4 Å². The molecule has 11 aromatic carbocycles. The largest absolute Gasteiger partial charge is 0.374 e. The molecule has 0 radical (unpaired) electrons. The number of thiophene rings is 2. The Hall–Kier alpha value is -8.85. The number of hydrogen-bond acceptors (Lipinski definition) is 14. The molecule has 0 bridgehead atoms. The van der Waals surface area contributed by atoms with E-state index in [1.165, 1.54) is 43.3 Å². The molecule has 0 saturated carbocycles. The molecular formula is C98H95ClO12S2. The molecule has 4 aliphatic rings. The van der Waals surface area contributed by atoms with Gasteiger partial charge in [0.15, 0.2) is 0 Å². The molecule has 0 unspecified atom stereocenters. The first-order chi connectivity index (χ1) is 55.9. The molecule has 2 aromatic heterocycles. The molecule has 17 rings (SSSR count). The van der Waals surface area contributed by atoms with Crippen molar-refractivity contribution < 1.29 is 56.8 Å². The fourth-order valence-electron chi connectivity index (χ4n) is 15.9. The van der Waals surface area contributed by atoms with Gasteiger partial charge < -0.3 is 56.8 Å². The SMILES string of the molecule is CCc1ccc(Cc2cccc3c4c(sc23)[C@]2(OCC4)O[C@H](COCc3ccccc3)[C@@H](OCc3ccccc3)[C@H](OCc3ccccc3)[C@H]2OCc2ccccc2)cc1.ClCc1cccc2c3c(sc12)[C@]1(OCC3)O[C@H](COCc2ccccc2)[C@@H](OCc2ccccc2)[C@H](OCc2ccccc2)[C@H]1OCc1ccccc1. The van der Waals surface area contributed by atoms with Crippen molar-refractivity contribution in [3.05, 3.63) is 391 Å². The van der Waals surface area contributed by atoms with Crippen molar-refractivity contribution >= 4 is 54.4 Å². The first kappa shape index (κ1) is 78.1. The fourth-order valence-corrected chi connectivity index (χ4v) is 19.1. The second-order valence-electron chi connectivity index (χ2n) is 29.2. The third kappa shape index (κ3) is 18.5. The molecule has 2 fully saturated rings. The minimum absolute atomic E-state index is 0.253. The summed E-state index contributed by atoms with van der Waals surface area (Å²) < 4.78 is 86.7. The van der Waals surface area contributed by atoms with E-state index in [0.717, 1.165) is 90.2 Å². The lowest BCUT2D eigenvalue weighted by atomic mass is 9.87. The number of ether oxygens (including phenoxy) is 12. The maximum atomic E-state index is 7.51. The van der Waals surface area contributed by atoms with E-state index in [1.807, 2.05) is 146 Å². The van der Waals surface area contributed by atoms with Crippen molar-refractivity contribution in [2.24, 2.45) is 0 Å². The minimum Gasteiger partial charge on any atom is -0.374 e. The molecule has 578 valence electrons. The summed E-state index contributed by atoms with van der Waals surface area (Å²) in [6, 6.07) is 104. The second-order valence-corrected chi connectivity index (χ2v) is 31.5. The van der Waals surface area contributed by atoms with E-state index in [0.29, 0.717) is 71.9 Å². The highest BCUT2D eigenvalue weighted by Gasteiger charge is 2.63. The molecule has 0 N–H and O–H groups in total. The molecule has 2 spiro atoms. The van der Waals surface area contributed by atoms with Gasteiger partial charge in [0.25, 0.3) is 0 Å². The summed E-state index contributed by atoms with van der Waals surface area (Å²) >= 11 is 9.97. The number of halogens is 1. The van der Waals surface area contributed by atoms with Crippen LogP contribution >= 0.6 is 34.3 Å². The van der Waals surface area contributed by atoms with Gasteiger partial charge in [0, 0.05) is 15.3 Å². The summed E-state index contributed by atoms with van der Waals surface area (Å²) in [4.78, 5) is 2.01. The number of fused-ring (bicyclic) bond motifs is 8. The summed E-state index contributed by atoms with van der Waals surface area (Å²) in [5, 5.41) is 2.42. The molecule has 15 heteroatoms. The molecule has 4 aliphatic heterocycles. The summed E-state index contributed by atoms with van der Waals surface area (Å²) in [6.45, 7) is 6.59. The molecule has 12 nitrogen and oxygen atoms in total. The van der Waals surface area contributed by atoms with Crippen molar-refractivity contribution in [2.45, 2.75) is 152 Å². The Bertz CT molecular complexity index is 5090. The Morgan fingerprint density at radius 2 is 0.637 bits per heavy atom. The van der Waals surface area contributed by atoms with Crippen LogP contribution in [0.25, 0.3) is 20.2 Å². The number of alkyl halides is 1. The van der Waals surface area contributed by atoms with E-state index >= 15 is 0 Å². The Kier molecular flexibility index (Phi) is 26.3. The van der Waals surface area contributed by atoms with Crippen molar-refractivity contribution in [3.8, 4) is 0 Å². The van der Waals surface area contributed by atoms with Gasteiger partial charge in [-0.2, -0.15) is 0 Å². The quantitative estimate of drug-likeness (QED) is 0.0400. The van der Waals surface area contributed by atoms with Gasteiger partial charge in [-0.05, 0) is 114 Å². The normalized spacial score (nSPS) is 21.9. The van der Waals surface area contributed by atoms with Crippen LogP contribution in [0, 0.1) is 0 Å². The van der Waals surface area contributed by atoms with Gasteiger partial charge in [0.1, 0.15) is 48.8 Å². The number of rotatable bonds is 30. The number of aryl methyl sites for hydroxylation is 1. The lowest BCUT2D eigenvalue weighted by Gasteiger charge is -2.53. The van der Waals surface area contributed by atoms with Crippen LogP contribution in [0.4, 0.5) is 0 Å². The maximum absolute atomic E-state index is 7.51. The highest BCUT2D eigenvalue weighted by atomic mass is 35.5. The monoisotopic (exact) mass is 1560 g/mol. The van der Waals surface area contributed by atoms with Crippen LogP contribution in [-0.2, 0) is 153 Å². The van der Waals surface area contributed by atoms with Crippen LogP contribution in [0.2, 0.25) is 0 Å². The van der Waals surface area contributed by atoms with E-state index in [2.05, 4.69) is 165 Å². The van der Waals surface area contributed by atoms with Crippen LogP contribution < -0.4 is 0 Å². The van der Waals surface area contributed by atoms with Gasteiger partial charge in [0.05, 0.1) is 89.0 Å². The molecule has 2 saturated heterocycles. The Morgan fingerprint density at radius 1 is 0.327 bits per heavy atom. The highest BCUT2D eigenvalue weighted by Crippen LogP contribution is 2.55. The van der Waals surface area contributed by atoms with E-state index in [1.54, 1.807) is 22.7 Å². The van der Waals surface area contributed by atoms with Crippen LogP contribution in [0.3, 0.4) is 0 Å². The molecular weight excluding hydrogens is 1470 g/mol. The first-order valence-corrected chi connectivity index (χ1v) is 41.6. The highest BCUT2D eigenvalue weighted by molar-refractivity contribution is 7.20. The zero-order chi connectivity index (χ0) is 76.4. The van der Waals surface area contributed by atoms with Crippen molar-refractivity contribution in [1.29, 1.82) is 0 Å². The lowest BCUT2D eigenvalue weighted by molar-refractivity contribution is -0.393. The summed E-state index contributed by atoms with van der Waals surface area (Å²) in [5.41, 5.74) is 15.9. The van der Waals surface area contributed by atoms with Crippen molar-refractivity contribution in [1.82, 2.24) is 0 Å². The Labute approximate surface area is 676 Å². The molecule has 0 aliphatic carbocycles. The maximum Gasteiger partial charge on any atom is 0.235 e. The average Bonchev–Trinajstić information content (AvgIpc) is 1.63. The Morgan fingerprint density at radius 3 is 0.982 bits per heavy atom. The van der Waals surface area contributed by atoms with Crippen LogP contribution in [0.5, 0.6) is 0 Å². The smallest absolute Gasteiger partial charge is 0.235 e.